The van der Waals surface area contributed by atoms with Crippen molar-refractivity contribution < 1.29 is 32.7 Å². The van der Waals surface area contributed by atoms with Crippen LogP contribution in [0.15, 0.2) is 24.3 Å². The molecular formula is C25H32F3N5O4S. The first-order valence-corrected chi connectivity index (χ1v) is 13.2. The van der Waals surface area contributed by atoms with E-state index in [0.717, 1.165) is 80.4 Å². The van der Waals surface area contributed by atoms with Crippen molar-refractivity contribution in [3.8, 4) is 0 Å². The number of nitrogens with two attached hydrogens (primary N) is 1. The zero-order valence-corrected chi connectivity index (χ0v) is 21.8. The molecule has 208 valence electrons. The molecule has 9 nitrogen and oxygen atoms in total. The molecule has 3 heterocycles. The lowest BCUT2D eigenvalue weighted by atomic mass is 9.96. The molecule has 0 saturated carbocycles. The third-order valence-corrected chi connectivity index (χ3v) is 7.85. The number of carbonyl (C=O) groups excluding carboxylic acids is 2. The normalized spacial score (nSPS) is 17.4. The number of hydrogen-bond donors (Lipinski definition) is 4. The van der Waals surface area contributed by atoms with Gasteiger partial charge in [0.25, 0.3) is 5.91 Å². The van der Waals surface area contributed by atoms with Gasteiger partial charge in [-0.2, -0.15) is 13.2 Å². The first kappa shape index (κ1) is 29.5. The lowest BCUT2D eigenvalue weighted by Crippen LogP contribution is -2.38. The highest BCUT2D eigenvalue weighted by Crippen LogP contribution is 2.31. The molecule has 13 heteroatoms. The number of hydrogen-bond acceptors (Lipinski definition) is 7. The van der Waals surface area contributed by atoms with Crippen molar-refractivity contribution in [3.63, 3.8) is 0 Å². The molecule has 1 aromatic heterocycles. The molecule has 0 radical (unpaired) electrons. The summed E-state index contributed by atoms with van der Waals surface area (Å²) >= 11 is 1.53. The SMILES string of the molecule is Cc1nc(C2CCNCC2)sc1C(=O)Nc1cccc(CN2CCC(C(N)=O)CC2)c1.O=C(O)C(F)(F)F. The van der Waals surface area contributed by atoms with E-state index >= 15 is 0 Å². The minimum Gasteiger partial charge on any atom is -0.475 e. The van der Waals surface area contributed by atoms with Crippen LogP contribution < -0.4 is 16.4 Å². The number of piperidine rings is 2. The number of carbonyl (C=O) groups is 3. The van der Waals surface area contributed by atoms with Crippen molar-refractivity contribution in [2.24, 2.45) is 11.7 Å². The summed E-state index contributed by atoms with van der Waals surface area (Å²) in [5.41, 5.74) is 8.18. The van der Waals surface area contributed by atoms with Gasteiger partial charge >= 0.3 is 12.1 Å². The Morgan fingerprint density at radius 3 is 2.39 bits per heavy atom. The number of aryl methyl sites for hydroxylation is 1. The molecule has 0 spiro atoms. The van der Waals surface area contributed by atoms with Crippen molar-refractivity contribution in [3.05, 3.63) is 45.4 Å². The number of thiazole rings is 1. The zero-order valence-electron chi connectivity index (χ0n) is 21.0. The topological polar surface area (TPSA) is 138 Å². The maximum atomic E-state index is 12.9. The van der Waals surface area contributed by atoms with Gasteiger partial charge in [0.1, 0.15) is 4.88 Å². The number of rotatable bonds is 6. The first-order chi connectivity index (χ1) is 17.9. The molecule has 0 bridgehead atoms. The molecule has 0 aliphatic carbocycles. The summed E-state index contributed by atoms with van der Waals surface area (Å²) in [4.78, 5) is 40.9. The number of carboxylic acid groups (broad SMARTS) is 1. The summed E-state index contributed by atoms with van der Waals surface area (Å²) < 4.78 is 31.7. The van der Waals surface area contributed by atoms with Crippen molar-refractivity contribution >= 4 is 34.8 Å². The van der Waals surface area contributed by atoms with Gasteiger partial charge in [-0.25, -0.2) is 9.78 Å². The molecule has 38 heavy (non-hydrogen) atoms. The number of aliphatic carboxylic acids is 1. The average molecular weight is 556 g/mol. The van der Waals surface area contributed by atoms with Gasteiger partial charge < -0.3 is 21.5 Å². The third-order valence-electron chi connectivity index (χ3n) is 6.53. The highest BCUT2D eigenvalue weighted by molar-refractivity contribution is 7.14. The van der Waals surface area contributed by atoms with Gasteiger partial charge in [-0.05, 0) is 76.5 Å². The van der Waals surface area contributed by atoms with Gasteiger partial charge in [0.2, 0.25) is 5.91 Å². The smallest absolute Gasteiger partial charge is 0.475 e. The van der Waals surface area contributed by atoms with Crippen LogP contribution >= 0.6 is 11.3 Å². The van der Waals surface area contributed by atoms with E-state index < -0.39 is 12.1 Å². The molecule has 2 saturated heterocycles. The first-order valence-electron chi connectivity index (χ1n) is 12.3. The Hall–Kier alpha value is -3.03. The predicted octanol–water partition coefficient (Wildman–Crippen LogP) is 3.50. The number of carboxylic acids is 1. The Bertz CT molecular complexity index is 1130. The molecule has 2 aliphatic heterocycles. The van der Waals surface area contributed by atoms with Crippen molar-refractivity contribution in [1.29, 1.82) is 0 Å². The lowest BCUT2D eigenvalue weighted by molar-refractivity contribution is -0.192. The summed E-state index contributed by atoms with van der Waals surface area (Å²) in [5, 5.41) is 14.6. The fourth-order valence-corrected chi connectivity index (χ4v) is 5.57. The molecule has 0 unspecified atom stereocenters. The van der Waals surface area contributed by atoms with E-state index in [-0.39, 0.29) is 17.7 Å². The summed E-state index contributed by atoms with van der Waals surface area (Å²) in [6, 6.07) is 8.00. The quantitative estimate of drug-likeness (QED) is 0.428. The number of amides is 2. The molecule has 1 aromatic carbocycles. The number of benzene rings is 1. The van der Waals surface area contributed by atoms with Crippen LogP contribution in [-0.4, -0.2) is 65.1 Å². The summed E-state index contributed by atoms with van der Waals surface area (Å²) in [5.74, 6) is -2.58. The third kappa shape index (κ3) is 8.50. The summed E-state index contributed by atoms with van der Waals surface area (Å²) in [6.07, 6.45) is -1.30. The highest BCUT2D eigenvalue weighted by Gasteiger charge is 2.38. The molecular weight excluding hydrogens is 523 g/mol. The number of alkyl halides is 3. The van der Waals surface area contributed by atoms with E-state index in [1.54, 1.807) is 0 Å². The van der Waals surface area contributed by atoms with Crippen LogP contribution in [0, 0.1) is 12.8 Å². The van der Waals surface area contributed by atoms with Crippen LogP contribution in [0.1, 0.15) is 57.5 Å². The van der Waals surface area contributed by atoms with Crippen LogP contribution in [0.25, 0.3) is 0 Å². The zero-order chi connectivity index (χ0) is 27.9. The Kier molecular flexibility index (Phi) is 10.2. The standard InChI is InChI=1S/C23H31N5O2S.C2HF3O2/c1-15-20(31-23(26-15)18-5-9-25-10-6-18)22(30)27-19-4-2-3-16(13-19)14-28-11-7-17(8-12-28)21(24)29;3-2(4,5)1(6)7/h2-4,13,17-18,25H,5-12,14H2,1H3,(H2,24,29)(H,27,30);(H,6,7). The van der Waals surface area contributed by atoms with E-state index in [2.05, 4.69) is 21.6 Å². The Morgan fingerprint density at radius 1 is 1.18 bits per heavy atom. The predicted molar refractivity (Wildman–Crippen MR) is 137 cm³/mol. The second-order valence-electron chi connectivity index (χ2n) is 9.40. The minimum absolute atomic E-state index is 0.000665. The maximum Gasteiger partial charge on any atom is 0.490 e. The van der Waals surface area contributed by atoms with Crippen LogP contribution in [0.5, 0.6) is 0 Å². The van der Waals surface area contributed by atoms with Gasteiger partial charge in [-0.1, -0.05) is 12.1 Å². The van der Waals surface area contributed by atoms with Crippen LogP contribution in [0.4, 0.5) is 18.9 Å². The van der Waals surface area contributed by atoms with Crippen molar-refractivity contribution in [1.82, 2.24) is 15.2 Å². The second kappa shape index (κ2) is 13.2. The number of likely N-dealkylation sites (tertiary alicyclic amines) is 1. The number of halogens is 3. The summed E-state index contributed by atoms with van der Waals surface area (Å²) in [7, 11) is 0. The van der Waals surface area contributed by atoms with Gasteiger partial charge in [-0.15, -0.1) is 11.3 Å². The molecule has 2 aliphatic rings. The number of nitrogens with zero attached hydrogens (tertiary/aromatic N) is 2. The maximum absolute atomic E-state index is 12.9. The molecule has 4 rings (SSSR count). The van der Waals surface area contributed by atoms with Crippen molar-refractivity contribution in [2.75, 3.05) is 31.5 Å². The van der Waals surface area contributed by atoms with Crippen LogP contribution in [0.2, 0.25) is 0 Å². The monoisotopic (exact) mass is 555 g/mol. The largest absolute Gasteiger partial charge is 0.490 e. The number of primary amides is 1. The lowest BCUT2D eigenvalue weighted by Gasteiger charge is -2.30. The highest BCUT2D eigenvalue weighted by atomic mass is 32.1. The fraction of sp³-hybridized carbons (Fsp3) is 0.520. The Balaban J connectivity index is 0.000000505. The molecule has 2 fully saturated rings. The average Bonchev–Trinajstić information content (AvgIpc) is 3.27. The van der Waals surface area contributed by atoms with E-state index in [1.165, 1.54) is 11.3 Å². The number of aromatic nitrogens is 1. The number of anilines is 1. The molecule has 0 atom stereocenters. The van der Waals surface area contributed by atoms with Crippen LogP contribution in [-0.2, 0) is 16.1 Å². The van der Waals surface area contributed by atoms with Crippen LogP contribution in [0.3, 0.4) is 0 Å². The molecule has 2 amide bonds. The van der Waals surface area contributed by atoms with Gasteiger partial charge in [-0.3, -0.25) is 14.5 Å². The minimum atomic E-state index is -5.08. The van der Waals surface area contributed by atoms with Gasteiger partial charge in [0, 0.05) is 24.1 Å². The number of nitrogens with one attached hydrogen (secondary N) is 2. The Morgan fingerprint density at radius 2 is 1.82 bits per heavy atom. The van der Waals surface area contributed by atoms with Crippen molar-refractivity contribution in [2.45, 2.75) is 51.2 Å². The fourth-order valence-electron chi connectivity index (χ4n) is 4.44. The molecule has 5 N–H and O–H groups in total. The van der Waals surface area contributed by atoms with Gasteiger partial charge in [0.05, 0.1) is 10.7 Å². The Labute approximate surface area is 222 Å². The van der Waals surface area contributed by atoms with E-state index in [9.17, 15) is 22.8 Å². The van der Waals surface area contributed by atoms with E-state index in [4.69, 9.17) is 20.6 Å². The van der Waals surface area contributed by atoms with Gasteiger partial charge in [0.15, 0.2) is 0 Å². The molecule has 2 aromatic rings. The second-order valence-corrected chi connectivity index (χ2v) is 10.4. The van der Waals surface area contributed by atoms with E-state index in [0.29, 0.717) is 10.8 Å². The summed E-state index contributed by atoms with van der Waals surface area (Å²) in [6.45, 7) is 6.47. The van der Waals surface area contributed by atoms with E-state index in [1.807, 2.05) is 25.1 Å².